The third-order valence-electron chi connectivity index (χ3n) is 3.84. The van der Waals surface area contributed by atoms with Gasteiger partial charge in [0, 0.05) is 10.9 Å². The maximum atomic E-state index is 12.8. The van der Waals surface area contributed by atoms with Gasteiger partial charge in [-0.1, -0.05) is 82.4 Å². The van der Waals surface area contributed by atoms with Crippen molar-refractivity contribution in [3.05, 3.63) is 75.1 Å². The Kier molecular flexibility index (Phi) is 5.90. The molecule has 2 aromatic carbocycles. The van der Waals surface area contributed by atoms with Gasteiger partial charge in [-0.15, -0.1) is 0 Å². The molecule has 1 aliphatic heterocycles. The van der Waals surface area contributed by atoms with Crippen LogP contribution in [0.2, 0.25) is 0 Å². The first kappa shape index (κ1) is 18.8. The number of amides is 1. The standard InChI is InChI=1S/C19H14BrNO3S2/c20-14-8-4-7-13(9-14)11-16-17(22)21(19(25)26-16)15(18(23)24)10-12-5-2-1-3-6-12/h1-9,11,15H,10H2,(H,23,24)/b16-11-/t15-/m1/s1. The van der Waals surface area contributed by atoms with Gasteiger partial charge in [-0.2, -0.15) is 0 Å². The SMILES string of the molecule is O=C(O)[C@@H](Cc1ccccc1)N1C(=O)/C(=C/c2cccc(Br)c2)SC1=S. The van der Waals surface area contributed by atoms with Crippen molar-refractivity contribution in [2.24, 2.45) is 0 Å². The first-order valence-electron chi connectivity index (χ1n) is 7.75. The topological polar surface area (TPSA) is 57.6 Å². The summed E-state index contributed by atoms with van der Waals surface area (Å²) in [6.07, 6.45) is 1.93. The molecule has 0 aliphatic carbocycles. The number of thioether (sulfide) groups is 1. The number of halogens is 1. The molecular formula is C19H14BrNO3S2. The molecule has 0 spiro atoms. The molecule has 1 N–H and O–H groups in total. The van der Waals surface area contributed by atoms with Crippen molar-refractivity contribution in [2.75, 3.05) is 0 Å². The van der Waals surface area contributed by atoms with E-state index >= 15 is 0 Å². The maximum Gasteiger partial charge on any atom is 0.327 e. The maximum absolute atomic E-state index is 12.8. The lowest BCUT2D eigenvalue weighted by Gasteiger charge is -2.23. The predicted molar refractivity (Wildman–Crippen MR) is 111 cm³/mol. The van der Waals surface area contributed by atoms with Crippen LogP contribution in [0.15, 0.2) is 64.0 Å². The van der Waals surface area contributed by atoms with Crippen LogP contribution in [0.1, 0.15) is 11.1 Å². The molecule has 1 aliphatic rings. The number of rotatable bonds is 5. The average Bonchev–Trinajstić information content (AvgIpc) is 2.87. The summed E-state index contributed by atoms with van der Waals surface area (Å²) in [6, 6.07) is 15.7. The van der Waals surface area contributed by atoms with Gasteiger partial charge in [0.25, 0.3) is 5.91 Å². The molecule has 0 bridgehead atoms. The van der Waals surface area contributed by atoms with E-state index in [-0.39, 0.29) is 16.6 Å². The zero-order valence-electron chi connectivity index (χ0n) is 13.5. The van der Waals surface area contributed by atoms with E-state index in [0.717, 1.165) is 27.4 Å². The number of hydrogen-bond acceptors (Lipinski definition) is 4. The molecule has 1 saturated heterocycles. The van der Waals surface area contributed by atoms with Gasteiger partial charge in [0.1, 0.15) is 10.4 Å². The number of benzene rings is 2. The molecule has 1 amide bonds. The predicted octanol–water partition coefficient (Wildman–Crippen LogP) is 4.35. The lowest BCUT2D eigenvalue weighted by Crippen LogP contribution is -2.45. The molecule has 0 aromatic heterocycles. The van der Waals surface area contributed by atoms with Crippen LogP contribution < -0.4 is 0 Å². The summed E-state index contributed by atoms with van der Waals surface area (Å²) in [7, 11) is 0. The average molecular weight is 448 g/mol. The molecule has 4 nitrogen and oxygen atoms in total. The summed E-state index contributed by atoms with van der Waals surface area (Å²) >= 11 is 9.83. The molecular weight excluding hydrogens is 434 g/mol. The fraction of sp³-hybridized carbons (Fsp3) is 0.105. The highest BCUT2D eigenvalue weighted by atomic mass is 79.9. The zero-order chi connectivity index (χ0) is 18.7. The minimum Gasteiger partial charge on any atom is -0.480 e. The van der Waals surface area contributed by atoms with Gasteiger partial charge < -0.3 is 5.11 Å². The monoisotopic (exact) mass is 447 g/mol. The van der Waals surface area contributed by atoms with Gasteiger partial charge in [-0.05, 0) is 29.3 Å². The normalized spacial score (nSPS) is 17.0. The summed E-state index contributed by atoms with van der Waals surface area (Å²) in [5.74, 6) is -1.45. The number of carboxylic acid groups (broad SMARTS) is 1. The van der Waals surface area contributed by atoms with Crippen LogP contribution in [-0.4, -0.2) is 32.2 Å². The summed E-state index contributed by atoms with van der Waals surface area (Å²) in [5.41, 5.74) is 1.68. The Hall–Kier alpha value is -1.96. The lowest BCUT2D eigenvalue weighted by molar-refractivity contribution is -0.145. The van der Waals surface area contributed by atoms with E-state index < -0.39 is 12.0 Å². The van der Waals surface area contributed by atoms with Crippen LogP contribution >= 0.6 is 39.9 Å². The van der Waals surface area contributed by atoms with Crippen molar-refractivity contribution < 1.29 is 14.7 Å². The number of carbonyl (C=O) groups excluding carboxylic acids is 1. The molecule has 2 aromatic rings. The van der Waals surface area contributed by atoms with Crippen LogP contribution in [0.4, 0.5) is 0 Å². The number of carboxylic acids is 1. The van der Waals surface area contributed by atoms with Crippen molar-refractivity contribution in [1.29, 1.82) is 0 Å². The molecule has 7 heteroatoms. The smallest absolute Gasteiger partial charge is 0.327 e. The molecule has 0 radical (unpaired) electrons. The highest BCUT2D eigenvalue weighted by molar-refractivity contribution is 9.10. The first-order valence-corrected chi connectivity index (χ1v) is 9.77. The number of carbonyl (C=O) groups is 2. The van der Waals surface area contributed by atoms with E-state index in [4.69, 9.17) is 12.2 Å². The second-order valence-electron chi connectivity index (χ2n) is 5.65. The van der Waals surface area contributed by atoms with Gasteiger partial charge >= 0.3 is 5.97 Å². The number of nitrogens with zero attached hydrogens (tertiary/aromatic N) is 1. The molecule has 26 heavy (non-hydrogen) atoms. The van der Waals surface area contributed by atoms with E-state index in [1.54, 1.807) is 6.08 Å². The molecule has 1 atom stereocenters. The lowest BCUT2D eigenvalue weighted by atomic mass is 10.0. The number of hydrogen-bond donors (Lipinski definition) is 1. The fourth-order valence-corrected chi connectivity index (χ4v) is 4.40. The Morgan fingerprint density at radius 3 is 2.62 bits per heavy atom. The molecule has 0 unspecified atom stereocenters. The molecule has 1 heterocycles. The molecule has 1 fully saturated rings. The van der Waals surface area contributed by atoms with E-state index in [1.165, 1.54) is 4.90 Å². The molecule has 3 rings (SSSR count). The quantitative estimate of drug-likeness (QED) is 0.545. The number of thiocarbonyl (C=S) groups is 1. The van der Waals surface area contributed by atoms with Gasteiger partial charge in [0.15, 0.2) is 0 Å². The highest BCUT2D eigenvalue weighted by Crippen LogP contribution is 2.35. The van der Waals surface area contributed by atoms with Crippen LogP contribution in [0.3, 0.4) is 0 Å². The van der Waals surface area contributed by atoms with Crippen LogP contribution in [0.5, 0.6) is 0 Å². The van der Waals surface area contributed by atoms with E-state index in [9.17, 15) is 14.7 Å². The fourth-order valence-electron chi connectivity index (χ4n) is 2.62. The van der Waals surface area contributed by atoms with Gasteiger partial charge in [0.2, 0.25) is 0 Å². The van der Waals surface area contributed by atoms with Crippen molar-refractivity contribution in [2.45, 2.75) is 12.5 Å². The second-order valence-corrected chi connectivity index (χ2v) is 8.24. The van der Waals surface area contributed by atoms with Crippen molar-refractivity contribution in [3.63, 3.8) is 0 Å². The Labute approximate surface area is 169 Å². The third-order valence-corrected chi connectivity index (χ3v) is 5.66. The van der Waals surface area contributed by atoms with Crippen LogP contribution in [-0.2, 0) is 16.0 Å². The Bertz CT molecular complexity index is 899. The second kappa shape index (κ2) is 8.16. The zero-order valence-corrected chi connectivity index (χ0v) is 16.7. The summed E-state index contributed by atoms with van der Waals surface area (Å²) in [5, 5.41) is 9.65. The Morgan fingerprint density at radius 2 is 1.96 bits per heavy atom. The number of aliphatic carboxylic acids is 1. The van der Waals surface area contributed by atoms with E-state index in [0.29, 0.717) is 4.91 Å². The summed E-state index contributed by atoms with van der Waals surface area (Å²) in [6.45, 7) is 0. The van der Waals surface area contributed by atoms with Crippen LogP contribution in [0.25, 0.3) is 6.08 Å². The summed E-state index contributed by atoms with van der Waals surface area (Å²) < 4.78 is 1.16. The third kappa shape index (κ3) is 4.23. The van der Waals surface area contributed by atoms with E-state index in [2.05, 4.69) is 15.9 Å². The van der Waals surface area contributed by atoms with Crippen molar-refractivity contribution >= 4 is 62.2 Å². The van der Waals surface area contributed by atoms with E-state index in [1.807, 2.05) is 54.6 Å². The summed E-state index contributed by atoms with van der Waals surface area (Å²) in [4.78, 5) is 26.2. The minimum atomic E-state index is -1.08. The van der Waals surface area contributed by atoms with Gasteiger partial charge in [-0.3, -0.25) is 9.69 Å². The molecule has 132 valence electrons. The van der Waals surface area contributed by atoms with Gasteiger partial charge in [-0.25, -0.2) is 4.79 Å². The first-order chi connectivity index (χ1) is 12.5. The van der Waals surface area contributed by atoms with Crippen LogP contribution in [0, 0.1) is 0 Å². The minimum absolute atomic E-state index is 0.201. The molecule has 0 saturated carbocycles. The Morgan fingerprint density at radius 1 is 1.23 bits per heavy atom. The highest BCUT2D eigenvalue weighted by Gasteiger charge is 2.40. The van der Waals surface area contributed by atoms with Crippen molar-refractivity contribution in [1.82, 2.24) is 4.90 Å². The Balaban J connectivity index is 1.88. The van der Waals surface area contributed by atoms with Gasteiger partial charge in [0.05, 0.1) is 4.91 Å². The largest absolute Gasteiger partial charge is 0.480 e. The van der Waals surface area contributed by atoms with Crippen molar-refractivity contribution in [3.8, 4) is 0 Å².